The van der Waals surface area contributed by atoms with Gasteiger partial charge in [0.1, 0.15) is 0 Å². The Bertz CT molecular complexity index is 742. The van der Waals surface area contributed by atoms with Crippen LogP contribution in [0.1, 0.15) is 71.6 Å². The van der Waals surface area contributed by atoms with Gasteiger partial charge in [-0.1, -0.05) is 6.92 Å². The fraction of sp³-hybridized carbons (Fsp3) is 0.880. The van der Waals surface area contributed by atoms with Crippen LogP contribution < -0.4 is 11.0 Å². The molecule has 0 amide bonds. The lowest BCUT2D eigenvalue weighted by atomic mass is 9.44. The van der Waals surface area contributed by atoms with E-state index < -0.39 is 0 Å². The number of ketones is 1. The highest BCUT2D eigenvalue weighted by Crippen LogP contribution is 2.67. The second-order valence-electron chi connectivity index (χ2n) is 11.5. The van der Waals surface area contributed by atoms with Crippen LogP contribution in [0.5, 0.6) is 0 Å². The summed E-state index contributed by atoms with van der Waals surface area (Å²) in [4.78, 5) is 13.4. The molecule has 31 heavy (non-hydrogen) atoms. The molecule has 5 rings (SSSR count). The molecule has 8 atom stereocenters. The van der Waals surface area contributed by atoms with Gasteiger partial charge in [0.25, 0.3) is 0 Å². The molecule has 6 nitrogen and oxygen atoms in total. The average Bonchev–Trinajstić information content (AvgIpc) is 3.31. The van der Waals surface area contributed by atoms with Crippen molar-refractivity contribution in [2.45, 2.75) is 77.7 Å². The van der Waals surface area contributed by atoms with E-state index in [0.29, 0.717) is 36.0 Å². The molecule has 1 aliphatic heterocycles. The number of methoxy groups -OCH3 is 1. The van der Waals surface area contributed by atoms with Crippen molar-refractivity contribution in [3.05, 3.63) is 11.9 Å². The Morgan fingerprint density at radius 2 is 2.03 bits per heavy atom. The highest BCUT2D eigenvalue weighted by molar-refractivity contribution is 5.84. The molecule has 4 saturated carbocycles. The summed E-state index contributed by atoms with van der Waals surface area (Å²) in [5.41, 5.74) is 7.52. The van der Waals surface area contributed by atoms with Crippen molar-refractivity contribution in [2.24, 2.45) is 40.4 Å². The van der Waals surface area contributed by atoms with Gasteiger partial charge in [0.2, 0.25) is 0 Å². The van der Waals surface area contributed by atoms with Crippen molar-refractivity contribution in [3.8, 4) is 0 Å². The zero-order valence-electron chi connectivity index (χ0n) is 19.5. The summed E-state index contributed by atoms with van der Waals surface area (Å²) >= 11 is 0. The van der Waals surface area contributed by atoms with Gasteiger partial charge < -0.3 is 15.3 Å². The minimum absolute atomic E-state index is 0.125. The Hall–Kier alpha value is -1.11. The molecule has 0 radical (unpaired) electrons. The summed E-state index contributed by atoms with van der Waals surface area (Å²) in [6.07, 6.45) is 11.9. The van der Waals surface area contributed by atoms with Crippen molar-refractivity contribution in [2.75, 3.05) is 20.3 Å². The van der Waals surface area contributed by atoms with E-state index >= 15 is 0 Å². The predicted octanol–water partition coefficient (Wildman–Crippen LogP) is 3.39. The maximum absolute atomic E-state index is 13.4. The zero-order valence-corrected chi connectivity index (χ0v) is 19.5. The summed E-state index contributed by atoms with van der Waals surface area (Å²) < 4.78 is 5.85. The molecule has 1 heterocycles. The van der Waals surface area contributed by atoms with Crippen LogP contribution in [0.4, 0.5) is 0 Å². The van der Waals surface area contributed by atoms with Crippen LogP contribution in [0.2, 0.25) is 0 Å². The summed E-state index contributed by atoms with van der Waals surface area (Å²) in [5.74, 6) is 3.24. The Balaban J connectivity index is 1.35. The van der Waals surface area contributed by atoms with Gasteiger partial charge in [-0.2, -0.15) is 0 Å². The molecule has 0 aromatic rings. The third-order valence-corrected chi connectivity index (χ3v) is 10.4. The van der Waals surface area contributed by atoms with Gasteiger partial charge in [-0.25, -0.2) is 0 Å². The monoisotopic (exact) mass is 431 g/mol. The van der Waals surface area contributed by atoms with E-state index in [1.54, 1.807) is 0 Å². The molecule has 6 heteroatoms. The van der Waals surface area contributed by atoms with Gasteiger partial charge >= 0.3 is 0 Å². The maximum atomic E-state index is 13.4. The van der Waals surface area contributed by atoms with E-state index in [1.165, 1.54) is 25.7 Å². The number of Topliss-reactive ketones (excluding diaryl/α,β-unsaturated/α-hetero) is 1. The first-order valence-corrected chi connectivity index (χ1v) is 12.5. The van der Waals surface area contributed by atoms with E-state index in [-0.39, 0.29) is 22.9 Å². The number of nitrogens with zero attached hydrogens (tertiary/aromatic N) is 1. The molecule has 0 aromatic carbocycles. The molecule has 0 bridgehead atoms. The molecule has 3 N–H and O–H groups in total. The number of hydrazine groups is 2. The number of ether oxygens (including phenoxy) is 1. The molecule has 4 fully saturated rings. The molecule has 0 spiro atoms. The van der Waals surface area contributed by atoms with Crippen LogP contribution in [-0.4, -0.2) is 42.3 Å². The third-order valence-electron chi connectivity index (χ3n) is 10.4. The first-order valence-electron chi connectivity index (χ1n) is 12.5. The minimum Gasteiger partial charge on any atom is -0.393 e. The fourth-order valence-corrected chi connectivity index (χ4v) is 8.92. The molecular formula is C25H41N3O3. The second-order valence-corrected chi connectivity index (χ2v) is 11.5. The smallest absolute Gasteiger partial charge is 0.157 e. The number of nitrogens with one attached hydrogen (secondary N) is 2. The number of aliphatic hydroxyl groups is 1. The highest BCUT2D eigenvalue weighted by atomic mass is 16.5. The first kappa shape index (κ1) is 21.7. The maximum Gasteiger partial charge on any atom is 0.157 e. The number of allylic oxidation sites excluding steroid dienone is 1. The number of aliphatic hydroxyl groups excluding tert-OH is 1. The quantitative estimate of drug-likeness (QED) is 0.620. The Morgan fingerprint density at radius 1 is 1.19 bits per heavy atom. The molecule has 4 aliphatic carbocycles. The Labute approximate surface area is 187 Å². The van der Waals surface area contributed by atoms with Gasteiger partial charge in [-0.3, -0.25) is 9.80 Å². The number of fused-ring (bicyclic) bond motifs is 5. The van der Waals surface area contributed by atoms with Crippen LogP contribution >= 0.6 is 0 Å². The van der Waals surface area contributed by atoms with Gasteiger partial charge in [0.05, 0.1) is 19.3 Å². The summed E-state index contributed by atoms with van der Waals surface area (Å²) in [5, 5.41) is 12.3. The van der Waals surface area contributed by atoms with E-state index in [2.05, 4.69) is 17.9 Å². The molecule has 0 saturated heterocycles. The third kappa shape index (κ3) is 3.36. The van der Waals surface area contributed by atoms with E-state index in [4.69, 9.17) is 4.74 Å². The lowest BCUT2D eigenvalue weighted by Gasteiger charge is -2.61. The van der Waals surface area contributed by atoms with Crippen molar-refractivity contribution >= 4 is 5.78 Å². The summed E-state index contributed by atoms with van der Waals surface area (Å²) in [6.45, 7) is 5.75. The van der Waals surface area contributed by atoms with Gasteiger partial charge in [0.15, 0.2) is 5.78 Å². The molecule has 0 aromatic heterocycles. The van der Waals surface area contributed by atoms with Crippen molar-refractivity contribution in [1.82, 2.24) is 16.0 Å². The molecule has 174 valence electrons. The van der Waals surface area contributed by atoms with Crippen LogP contribution in [-0.2, 0) is 9.53 Å². The van der Waals surface area contributed by atoms with Crippen molar-refractivity contribution < 1.29 is 14.6 Å². The number of rotatable bonds is 5. The van der Waals surface area contributed by atoms with E-state index in [1.807, 2.05) is 25.2 Å². The molecule has 5 aliphatic rings. The molecular weight excluding hydrogens is 390 g/mol. The average molecular weight is 432 g/mol. The zero-order chi connectivity index (χ0) is 21.8. The van der Waals surface area contributed by atoms with Gasteiger partial charge in [-0.15, -0.1) is 5.53 Å². The van der Waals surface area contributed by atoms with Gasteiger partial charge in [-0.05, 0) is 99.2 Å². The summed E-state index contributed by atoms with van der Waals surface area (Å²) in [6, 6.07) is 0. The Morgan fingerprint density at radius 3 is 2.77 bits per heavy atom. The first-order chi connectivity index (χ1) is 14.9. The number of hydrogen-bond acceptors (Lipinski definition) is 6. The minimum atomic E-state index is -0.125. The van der Waals surface area contributed by atoms with E-state index in [9.17, 15) is 9.90 Å². The highest BCUT2D eigenvalue weighted by Gasteiger charge is 2.62. The number of carbonyl (C=O) groups is 1. The largest absolute Gasteiger partial charge is 0.393 e. The van der Waals surface area contributed by atoms with Crippen molar-refractivity contribution in [3.63, 3.8) is 0 Å². The fourth-order valence-electron chi connectivity index (χ4n) is 8.92. The van der Waals surface area contributed by atoms with E-state index in [0.717, 1.165) is 44.4 Å². The normalized spacial score (nSPS) is 46.6. The van der Waals surface area contributed by atoms with Crippen LogP contribution in [0.3, 0.4) is 0 Å². The van der Waals surface area contributed by atoms with Gasteiger partial charge in [0, 0.05) is 24.9 Å². The standard InChI is InChI=1S/C25H41N3O3/c1-16-13-26-27-28(16)14-23(30)22-7-6-20-19-5-4-17-12-18(29)8-11-25(17,15-31-3)21(19)9-10-24(20,22)2/h13,17-22,26-27,29H,4-12,14-15H2,1-3H3/t17-,18+,19-,20-,21-,22+,24-,25+/m0/s1. The van der Waals surface area contributed by atoms with Crippen molar-refractivity contribution in [1.29, 1.82) is 0 Å². The second kappa shape index (κ2) is 8.03. The lowest BCUT2D eigenvalue weighted by molar-refractivity contribution is -0.161. The topological polar surface area (TPSA) is 73.8 Å². The lowest BCUT2D eigenvalue weighted by Crippen LogP contribution is -2.57. The number of carbonyl (C=O) groups excluding carboxylic acids is 1. The SMILES string of the molecule is COC[C@]12CC[C@@H](O)C[C@@H]1CC[C@H]1[C@@H]3CC[C@H](C(=O)CN4NNC=C4C)[C@@]3(C)CC[C@@H]12. The molecule has 0 unspecified atom stereocenters. The van der Waals surface area contributed by atoms with Crippen LogP contribution in [0.25, 0.3) is 0 Å². The van der Waals surface area contributed by atoms with Crippen LogP contribution in [0.15, 0.2) is 11.9 Å². The Kier molecular flexibility index (Phi) is 5.63. The number of hydrogen-bond donors (Lipinski definition) is 3. The summed E-state index contributed by atoms with van der Waals surface area (Å²) in [7, 11) is 1.86. The predicted molar refractivity (Wildman–Crippen MR) is 119 cm³/mol. The van der Waals surface area contributed by atoms with Crippen LogP contribution in [0, 0.1) is 40.4 Å².